The molecule has 11 heteroatoms. The monoisotopic (exact) mass is 563 g/mol. The van der Waals surface area contributed by atoms with Gasteiger partial charge in [0.2, 0.25) is 20.0 Å². The maximum absolute atomic E-state index is 13.2. The smallest absolute Gasteiger partial charge is 0.243 e. The molecule has 2 heterocycles. The van der Waals surface area contributed by atoms with Gasteiger partial charge in [-0.05, 0) is 68.5 Å². The molecule has 0 aromatic heterocycles. The van der Waals surface area contributed by atoms with E-state index in [1.54, 1.807) is 24.3 Å². The number of benzene rings is 2. The van der Waals surface area contributed by atoms with Crippen molar-refractivity contribution in [2.45, 2.75) is 56.1 Å². The number of morpholine rings is 1. The van der Waals surface area contributed by atoms with Gasteiger partial charge in [-0.25, -0.2) is 16.8 Å². The molecule has 4 rings (SSSR count). The number of anilines is 1. The van der Waals surface area contributed by atoms with Crippen LogP contribution in [0.4, 0.5) is 5.69 Å². The molecule has 0 spiro atoms. The number of nitrogens with one attached hydrogen (secondary N) is 1. The van der Waals surface area contributed by atoms with Crippen LogP contribution in [0.2, 0.25) is 0 Å². The average Bonchev–Trinajstić information content (AvgIpc) is 2.86. The van der Waals surface area contributed by atoms with Crippen LogP contribution in [0.3, 0.4) is 0 Å². The van der Waals surface area contributed by atoms with Crippen molar-refractivity contribution < 1.29 is 26.4 Å². The van der Waals surface area contributed by atoms with Crippen molar-refractivity contribution >= 4 is 31.5 Å². The lowest BCUT2D eigenvalue weighted by Crippen LogP contribution is -2.48. The maximum Gasteiger partial charge on any atom is 0.243 e. The minimum atomic E-state index is -3.69. The zero-order valence-corrected chi connectivity index (χ0v) is 24.0. The molecule has 0 amide bonds. The summed E-state index contributed by atoms with van der Waals surface area (Å²) in [7, 11) is -7.35. The highest BCUT2D eigenvalue weighted by atomic mass is 32.2. The van der Waals surface area contributed by atoms with Crippen LogP contribution in [0, 0.1) is 11.8 Å². The third-order valence-electron chi connectivity index (χ3n) is 6.96. The molecule has 0 bridgehead atoms. The first-order valence-corrected chi connectivity index (χ1v) is 15.9. The Labute approximate surface area is 226 Å². The van der Waals surface area contributed by atoms with Crippen molar-refractivity contribution in [2.75, 3.05) is 38.0 Å². The second-order valence-electron chi connectivity index (χ2n) is 10.7. The summed E-state index contributed by atoms with van der Waals surface area (Å²) in [6.45, 7) is 9.28. The molecule has 2 saturated heterocycles. The molecule has 4 unspecified atom stereocenters. The minimum absolute atomic E-state index is 0.0636. The van der Waals surface area contributed by atoms with E-state index in [4.69, 9.17) is 4.74 Å². The number of sulfonamides is 2. The molecule has 9 nitrogen and oxygen atoms in total. The highest BCUT2D eigenvalue weighted by molar-refractivity contribution is 7.89. The standard InChI is InChI=1S/C27H37N3O6S2/c1-19-12-20(2)16-29(15-19)38(34,35)26-7-5-6-23(13-26)27(31)14-28-24-8-10-25(11-9-24)37(32,33)30-17-21(3)36-22(4)18-30/h5-11,13,19-22,28H,12,14-18H2,1-4H3. The van der Waals surface area contributed by atoms with Crippen LogP contribution in [-0.4, -0.2) is 76.2 Å². The largest absolute Gasteiger partial charge is 0.378 e. The first kappa shape index (κ1) is 28.7. The highest BCUT2D eigenvalue weighted by Gasteiger charge is 2.33. The van der Waals surface area contributed by atoms with E-state index in [2.05, 4.69) is 19.2 Å². The summed E-state index contributed by atoms with van der Waals surface area (Å²) in [6.07, 6.45) is 0.635. The lowest BCUT2D eigenvalue weighted by molar-refractivity contribution is -0.0440. The number of rotatable bonds is 8. The zero-order chi connectivity index (χ0) is 27.7. The van der Waals surface area contributed by atoms with Gasteiger partial charge in [-0.1, -0.05) is 26.0 Å². The third-order valence-corrected chi connectivity index (χ3v) is 10.6. The Morgan fingerprint density at radius 2 is 1.37 bits per heavy atom. The number of carbonyl (C=O) groups is 1. The van der Waals surface area contributed by atoms with Crippen LogP contribution in [0.1, 0.15) is 44.5 Å². The fourth-order valence-corrected chi connectivity index (χ4v) is 8.60. The summed E-state index contributed by atoms with van der Waals surface area (Å²) in [4.78, 5) is 13.2. The van der Waals surface area contributed by atoms with Gasteiger partial charge in [0, 0.05) is 37.4 Å². The summed E-state index contributed by atoms with van der Waals surface area (Å²) in [5, 5.41) is 3.01. The van der Waals surface area contributed by atoms with Gasteiger partial charge in [-0.3, -0.25) is 4.79 Å². The van der Waals surface area contributed by atoms with Gasteiger partial charge < -0.3 is 10.1 Å². The van der Waals surface area contributed by atoms with Gasteiger partial charge in [0.15, 0.2) is 5.78 Å². The number of ketones is 1. The molecule has 2 aliphatic heterocycles. The molecule has 208 valence electrons. The van der Waals surface area contributed by atoms with Gasteiger partial charge in [-0.2, -0.15) is 8.61 Å². The van der Waals surface area contributed by atoms with Crippen molar-refractivity contribution in [1.29, 1.82) is 0 Å². The number of hydrogen-bond donors (Lipinski definition) is 1. The second-order valence-corrected chi connectivity index (χ2v) is 14.6. The lowest BCUT2D eigenvalue weighted by atomic mass is 9.94. The Kier molecular flexibility index (Phi) is 8.63. The lowest BCUT2D eigenvalue weighted by Gasteiger charge is -2.34. The van der Waals surface area contributed by atoms with Crippen molar-refractivity contribution in [3.63, 3.8) is 0 Å². The van der Waals surface area contributed by atoms with E-state index in [0.717, 1.165) is 6.42 Å². The van der Waals surface area contributed by atoms with Gasteiger partial charge in [0.1, 0.15) is 0 Å². The van der Waals surface area contributed by atoms with E-state index in [-0.39, 0.29) is 46.2 Å². The van der Waals surface area contributed by atoms with Crippen LogP contribution in [0.15, 0.2) is 58.3 Å². The first-order chi connectivity index (χ1) is 17.9. The number of carbonyl (C=O) groups excluding carboxylic acids is 1. The van der Waals surface area contributed by atoms with E-state index >= 15 is 0 Å². The summed E-state index contributed by atoms with van der Waals surface area (Å²) < 4.78 is 61.2. The van der Waals surface area contributed by atoms with Crippen LogP contribution >= 0.6 is 0 Å². The normalized spacial score (nSPS) is 25.7. The SMILES string of the molecule is CC1CC(C)CN(S(=O)(=O)c2cccc(C(=O)CNc3ccc(S(=O)(=O)N4CC(C)OC(C)C4)cc3)c2)C1. The topological polar surface area (TPSA) is 113 Å². The van der Waals surface area contributed by atoms with Crippen molar-refractivity contribution in [3.8, 4) is 0 Å². The quantitative estimate of drug-likeness (QED) is 0.490. The molecular weight excluding hydrogens is 526 g/mol. The Balaban J connectivity index is 1.40. The van der Waals surface area contributed by atoms with Gasteiger partial charge in [0.25, 0.3) is 0 Å². The first-order valence-electron chi connectivity index (χ1n) is 13.0. The molecule has 4 atom stereocenters. The molecule has 2 fully saturated rings. The fraction of sp³-hybridized carbons (Fsp3) is 0.519. The summed E-state index contributed by atoms with van der Waals surface area (Å²) in [6, 6.07) is 12.4. The zero-order valence-electron chi connectivity index (χ0n) is 22.3. The number of ether oxygens (including phenoxy) is 1. The predicted molar refractivity (Wildman–Crippen MR) is 146 cm³/mol. The van der Waals surface area contributed by atoms with Crippen molar-refractivity contribution in [2.24, 2.45) is 11.8 Å². The number of piperidine rings is 1. The van der Waals surface area contributed by atoms with Crippen molar-refractivity contribution in [1.82, 2.24) is 8.61 Å². The second kappa shape index (κ2) is 11.4. The fourth-order valence-electron chi connectivity index (χ4n) is 5.29. The maximum atomic E-state index is 13.2. The van der Waals surface area contributed by atoms with E-state index in [1.807, 2.05) is 13.8 Å². The molecule has 0 saturated carbocycles. The van der Waals surface area contributed by atoms with Crippen molar-refractivity contribution in [3.05, 3.63) is 54.1 Å². The summed E-state index contributed by atoms with van der Waals surface area (Å²) >= 11 is 0. The average molecular weight is 564 g/mol. The van der Waals surface area contributed by atoms with Crippen LogP contribution in [0.5, 0.6) is 0 Å². The predicted octanol–water partition coefficient (Wildman–Crippen LogP) is 3.45. The van der Waals surface area contributed by atoms with E-state index < -0.39 is 20.0 Å². The third kappa shape index (κ3) is 6.45. The van der Waals surface area contributed by atoms with Crippen LogP contribution in [-0.2, 0) is 24.8 Å². The number of nitrogens with zero attached hydrogens (tertiary/aromatic N) is 2. The summed E-state index contributed by atoms with van der Waals surface area (Å²) in [5.74, 6) is 0.297. The molecule has 2 aromatic rings. The minimum Gasteiger partial charge on any atom is -0.378 e. The molecular formula is C27H37N3O6S2. The highest BCUT2D eigenvalue weighted by Crippen LogP contribution is 2.27. The molecule has 38 heavy (non-hydrogen) atoms. The molecule has 1 N–H and O–H groups in total. The molecule has 2 aliphatic rings. The van der Waals surface area contributed by atoms with Gasteiger partial charge >= 0.3 is 0 Å². The van der Waals surface area contributed by atoms with Gasteiger partial charge in [0.05, 0.1) is 28.5 Å². The number of hydrogen-bond acceptors (Lipinski definition) is 7. The van der Waals surface area contributed by atoms with E-state index in [0.29, 0.717) is 37.4 Å². The summed E-state index contributed by atoms with van der Waals surface area (Å²) in [5.41, 5.74) is 0.882. The van der Waals surface area contributed by atoms with Crippen LogP contribution in [0.25, 0.3) is 0 Å². The Bertz CT molecular complexity index is 1340. The Hall–Kier alpha value is -2.31. The van der Waals surface area contributed by atoms with E-state index in [9.17, 15) is 21.6 Å². The van der Waals surface area contributed by atoms with Gasteiger partial charge in [-0.15, -0.1) is 0 Å². The molecule has 0 radical (unpaired) electrons. The molecule has 2 aromatic carbocycles. The van der Waals surface area contributed by atoms with E-state index in [1.165, 1.54) is 32.9 Å². The van der Waals surface area contributed by atoms with Crippen LogP contribution < -0.4 is 5.32 Å². The Morgan fingerprint density at radius 1 is 0.816 bits per heavy atom. The molecule has 0 aliphatic carbocycles. The number of Topliss-reactive ketones (excluding diaryl/α,β-unsaturated/α-hetero) is 1. The Morgan fingerprint density at radius 3 is 1.97 bits per heavy atom.